The molecule has 0 fully saturated rings. The molecule has 1 aromatic rings. The van der Waals surface area contributed by atoms with Gasteiger partial charge < -0.3 is 5.73 Å². The predicted molar refractivity (Wildman–Crippen MR) is 57.3 cm³/mol. The molecule has 0 unspecified atom stereocenters. The second-order valence-corrected chi connectivity index (χ2v) is 5.03. The van der Waals surface area contributed by atoms with Crippen LogP contribution in [0, 0.1) is 0 Å². The maximum Gasteiger partial charge on any atom is 0.216 e. The van der Waals surface area contributed by atoms with E-state index in [4.69, 9.17) is 40.5 Å². The molecular weight excluding hydrogens is 302 g/mol. The Kier molecular flexibility index (Phi) is 5.43. The fourth-order valence-electron chi connectivity index (χ4n) is 0.731. The number of benzene rings is 1. The Bertz CT molecular complexity index is 300. The molecule has 1 rings (SSSR count). The van der Waals surface area contributed by atoms with Crippen molar-refractivity contribution >= 4 is 53.1 Å². The van der Waals surface area contributed by atoms with Crippen molar-refractivity contribution in [3.8, 4) is 0 Å². The van der Waals surface area contributed by atoms with Crippen LogP contribution in [-0.2, 0) is 23.3 Å². The molecule has 6 heteroatoms. The SMILES string of the molecule is Nc1cc(C(Cl)(Cl)Cl)ccc1S.[Zn]. The van der Waals surface area contributed by atoms with Crippen molar-refractivity contribution in [1.82, 2.24) is 0 Å². The van der Waals surface area contributed by atoms with E-state index < -0.39 is 3.79 Å². The van der Waals surface area contributed by atoms with Gasteiger partial charge in [0.2, 0.25) is 3.79 Å². The minimum atomic E-state index is -1.42. The molecule has 0 amide bonds. The molecule has 0 saturated carbocycles. The largest absolute Gasteiger partial charge is 0.398 e. The van der Waals surface area contributed by atoms with E-state index in [-0.39, 0.29) is 19.5 Å². The number of thiol groups is 1. The molecule has 68 valence electrons. The first kappa shape index (κ1) is 13.9. The molecular formula is C7H6Cl3NSZn. The Labute approximate surface area is 110 Å². The summed E-state index contributed by atoms with van der Waals surface area (Å²) in [6.45, 7) is 0. The second-order valence-electron chi connectivity index (χ2n) is 2.27. The molecule has 1 aromatic carbocycles. The van der Waals surface area contributed by atoms with Crippen molar-refractivity contribution in [2.45, 2.75) is 8.69 Å². The summed E-state index contributed by atoms with van der Waals surface area (Å²) in [5.41, 5.74) is 6.61. The maximum absolute atomic E-state index is 5.63. The van der Waals surface area contributed by atoms with Gasteiger partial charge in [-0.3, -0.25) is 0 Å². The average molecular weight is 308 g/mol. The van der Waals surface area contributed by atoms with Crippen LogP contribution in [0.25, 0.3) is 0 Å². The van der Waals surface area contributed by atoms with Crippen molar-refractivity contribution in [3.05, 3.63) is 23.8 Å². The Morgan fingerprint density at radius 2 is 1.77 bits per heavy atom. The number of alkyl halides is 3. The number of anilines is 1. The van der Waals surface area contributed by atoms with Crippen molar-refractivity contribution in [3.63, 3.8) is 0 Å². The summed E-state index contributed by atoms with van der Waals surface area (Å²) in [6, 6.07) is 4.96. The number of nitrogen functional groups attached to an aromatic ring is 1. The third-order valence-corrected chi connectivity index (χ3v) is 2.42. The van der Waals surface area contributed by atoms with Crippen LogP contribution >= 0.6 is 47.4 Å². The second kappa shape index (κ2) is 5.09. The van der Waals surface area contributed by atoms with Gasteiger partial charge in [0, 0.05) is 35.6 Å². The van der Waals surface area contributed by atoms with Crippen LogP contribution in [0.15, 0.2) is 23.1 Å². The van der Waals surface area contributed by atoms with E-state index in [0.717, 1.165) is 0 Å². The molecule has 0 heterocycles. The van der Waals surface area contributed by atoms with E-state index in [9.17, 15) is 0 Å². The van der Waals surface area contributed by atoms with Crippen molar-refractivity contribution in [2.24, 2.45) is 0 Å². The van der Waals surface area contributed by atoms with Crippen LogP contribution in [0.3, 0.4) is 0 Å². The van der Waals surface area contributed by atoms with Crippen LogP contribution < -0.4 is 5.73 Å². The van der Waals surface area contributed by atoms with Crippen LogP contribution in [0.2, 0.25) is 0 Å². The van der Waals surface area contributed by atoms with Crippen molar-refractivity contribution < 1.29 is 19.5 Å². The third-order valence-electron chi connectivity index (χ3n) is 1.35. The monoisotopic (exact) mass is 305 g/mol. The van der Waals surface area contributed by atoms with Gasteiger partial charge in [-0.05, 0) is 12.1 Å². The van der Waals surface area contributed by atoms with E-state index in [1.807, 2.05) is 0 Å². The summed E-state index contributed by atoms with van der Waals surface area (Å²) >= 11 is 21.0. The number of hydrogen-bond acceptors (Lipinski definition) is 2. The number of nitrogens with two attached hydrogens (primary N) is 1. The van der Waals surface area contributed by atoms with Gasteiger partial charge in [-0.2, -0.15) is 0 Å². The Morgan fingerprint density at radius 3 is 2.15 bits per heavy atom. The minimum absolute atomic E-state index is 0. The molecule has 1 nitrogen and oxygen atoms in total. The smallest absolute Gasteiger partial charge is 0.216 e. The van der Waals surface area contributed by atoms with E-state index >= 15 is 0 Å². The summed E-state index contributed by atoms with van der Waals surface area (Å²) in [4.78, 5) is 0.674. The van der Waals surface area contributed by atoms with Gasteiger partial charge in [-0.25, -0.2) is 0 Å². The van der Waals surface area contributed by atoms with E-state index in [2.05, 4.69) is 12.6 Å². The topological polar surface area (TPSA) is 26.0 Å². The van der Waals surface area contributed by atoms with Crippen molar-refractivity contribution in [1.29, 1.82) is 0 Å². The molecule has 0 saturated heterocycles. The molecule has 0 aromatic heterocycles. The standard InChI is InChI=1S/C7H6Cl3NS.Zn/c8-7(9,10)4-1-2-6(12)5(11)3-4;/h1-3,12H,11H2;. The zero-order chi connectivity index (χ0) is 9.35. The quantitative estimate of drug-likeness (QED) is 0.327. The summed E-state index contributed by atoms with van der Waals surface area (Å²) < 4.78 is -1.42. The van der Waals surface area contributed by atoms with Gasteiger partial charge in [0.05, 0.1) is 0 Å². The Hall–Kier alpha value is 0.863. The molecule has 0 aliphatic rings. The first-order valence-electron chi connectivity index (χ1n) is 3.07. The predicted octanol–water partition coefficient (Wildman–Crippen LogP) is 3.38. The van der Waals surface area contributed by atoms with Gasteiger partial charge in [0.25, 0.3) is 0 Å². The van der Waals surface area contributed by atoms with Gasteiger partial charge in [0.1, 0.15) is 0 Å². The summed E-state index contributed by atoms with van der Waals surface area (Å²) in [5.74, 6) is 0. The third kappa shape index (κ3) is 3.85. The van der Waals surface area contributed by atoms with E-state index in [1.165, 1.54) is 0 Å². The molecule has 13 heavy (non-hydrogen) atoms. The number of hydrogen-bond donors (Lipinski definition) is 2. The maximum atomic E-state index is 5.63. The first-order chi connectivity index (χ1) is 5.41. The van der Waals surface area contributed by atoms with E-state index in [0.29, 0.717) is 16.1 Å². The number of halogens is 3. The van der Waals surface area contributed by atoms with Crippen molar-refractivity contribution in [2.75, 3.05) is 5.73 Å². The fourth-order valence-corrected chi connectivity index (χ4v) is 1.22. The molecule has 0 aliphatic carbocycles. The molecule has 0 atom stereocenters. The van der Waals surface area contributed by atoms with Crippen LogP contribution in [0.4, 0.5) is 5.69 Å². The molecule has 2 N–H and O–H groups in total. The average Bonchev–Trinajstić information content (AvgIpc) is 1.92. The van der Waals surface area contributed by atoms with Gasteiger partial charge in [-0.15, -0.1) is 12.6 Å². The van der Waals surface area contributed by atoms with E-state index in [1.54, 1.807) is 18.2 Å². The molecule has 0 spiro atoms. The Morgan fingerprint density at radius 1 is 1.23 bits per heavy atom. The zero-order valence-electron chi connectivity index (χ0n) is 6.60. The van der Waals surface area contributed by atoms with Gasteiger partial charge >= 0.3 is 0 Å². The molecule has 0 bridgehead atoms. The van der Waals surface area contributed by atoms with Crippen LogP contribution in [0.1, 0.15) is 5.56 Å². The number of rotatable bonds is 0. The summed E-state index contributed by atoms with van der Waals surface area (Å²) in [6.07, 6.45) is 0. The zero-order valence-corrected chi connectivity index (χ0v) is 12.7. The normalized spacial score (nSPS) is 10.8. The summed E-state index contributed by atoms with van der Waals surface area (Å²) in [7, 11) is 0. The summed E-state index contributed by atoms with van der Waals surface area (Å²) in [5, 5.41) is 0. The van der Waals surface area contributed by atoms with Crippen LogP contribution in [-0.4, -0.2) is 0 Å². The van der Waals surface area contributed by atoms with Crippen LogP contribution in [0.5, 0.6) is 0 Å². The molecule has 0 radical (unpaired) electrons. The Balaban J connectivity index is 0.00000144. The van der Waals surface area contributed by atoms with Gasteiger partial charge in [-0.1, -0.05) is 40.9 Å². The first-order valence-corrected chi connectivity index (χ1v) is 4.65. The van der Waals surface area contributed by atoms with Gasteiger partial charge in [0.15, 0.2) is 0 Å². The minimum Gasteiger partial charge on any atom is -0.398 e. The molecule has 0 aliphatic heterocycles. The fraction of sp³-hybridized carbons (Fsp3) is 0.143.